The van der Waals surface area contributed by atoms with Crippen LogP contribution in [0.4, 0.5) is 0 Å². The number of carboxylic acids is 1. The minimum atomic E-state index is -0.990. The van der Waals surface area contributed by atoms with Crippen LogP contribution in [-0.2, 0) is 19.5 Å². The monoisotopic (exact) mass is 226 g/mol. The molecule has 1 rings (SSSR count). The molecule has 1 heterocycles. The molecule has 0 fully saturated rings. The fourth-order valence-electron chi connectivity index (χ4n) is 0.489. The number of rotatable bonds is 1. The summed E-state index contributed by atoms with van der Waals surface area (Å²) in [6.45, 7) is 0. The summed E-state index contributed by atoms with van der Waals surface area (Å²) in [6.07, 6.45) is 1.45. The van der Waals surface area contributed by atoms with Gasteiger partial charge in [0.25, 0.3) is 0 Å². The Morgan fingerprint density at radius 1 is 1.50 bits per heavy atom. The first-order valence-electron chi connectivity index (χ1n) is 2.45. The number of hydrogen-bond donors (Lipinski definition) is 1. The van der Waals surface area contributed by atoms with E-state index in [9.17, 15) is 4.79 Å². The second-order valence-corrected chi connectivity index (χ2v) is 1.52. The zero-order valence-corrected chi connectivity index (χ0v) is 6.58. The van der Waals surface area contributed by atoms with Crippen LogP contribution in [0.3, 0.4) is 0 Å². The van der Waals surface area contributed by atoms with E-state index in [0.29, 0.717) is 0 Å². The molecule has 4 heteroatoms. The fraction of sp³-hybridized carbons (Fsp3) is 0. The Balaban J connectivity index is 0.000000810. The van der Waals surface area contributed by atoms with E-state index in [1.807, 2.05) is 0 Å². The molecule has 0 saturated carbocycles. The first kappa shape index (κ1) is 9.24. The third-order valence-electron chi connectivity index (χ3n) is 0.884. The molecule has 0 atom stereocenters. The van der Waals surface area contributed by atoms with Crippen LogP contribution in [0.25, 0.3) is 0 Å². The van der Waals surface area contributed by atoms with Gasteiger partial charge in [0.15, 0.2) is 0 Å². The average Bonchev–Trinajstić information content (AvgIpc) is 1.90. The Morgan fingerprint density at radius 3 is 2.50 bits per heavy atom. The molecular formula is C6H5NO2Rh. The summed E-state index contributed by atoms with van der Waals surface area (Å²) in [6, 6.07) is 4.76. The van der Waals surface area contributed by atoms with Crippen molar-refractivity contribution < 1.29 is 29.4 Å². The Kier molecular flexibility index (Phi) is 3.81. The van der Waals surface area contributed by atoms with Crippen molar-refractivity contribution in [3.05, 3.63) is 30.1 Å². The van der Waals surface area contributed by atoms with E-state index in [0.717, 1.165) is 0 Å². The SMILES string of the molecule is O=C(O)c1ccccn1.[Rh]. The van der Waals surface area contributed by atoms with E-state index >= 15 is 0 Å². The van der Waals surface area contributed by atoms with Crippen LogP contribution < -0.4 is 0 Å². The summed E-state index contributed by atoms with van der Waals surface area (Å²) in [5, 5.41) is 8.32. The molecule has 0 saturated heterocycles. The molecule has 0 aliphatic rings. The van der Waals surface area contributed by atoms with Crippen molar-refractivity contribution in [3.8, 4) is 0 Å². The molecule has 0 unspecified atom stereocenters. The summed E-state index contributed by atoms with van der Waals surface area (Å²) in [7, 11) is 0. The molecule has 0 aromatic carbocycles. The maximum absolute atomic E-state index is 10.1. The van der Waals surface area contributed by atoms with Gasteiger partial charge in [-0.25, -0.2) is 9.78 Å². The predicted octanol–water partition coefficient (Wildman–Crippen LogP) is 0.777. The van der Waals surface area contributed by atoms with Crippen LogP contribution >= 0.6 is 0 Å². The van der Waals surface area contributed by atoms with Gasteiger partial charge in [0.05, 0.1) is 0 Å². The Morgan fingerprint density at radius 2 is 2.20 bits per heavy atom. The van der Waals surface area contributed by atoms with Crippen molar-refractivity contribution in [2.45, 2.75) is 0 Å². The second kappa shape index (κ2) is 4.12. The maximum atomic E-state index is 10.1. The number of carboxylic acid groups (broad SMARTS) is 1. The number of hydrogen-bond acceptors (Lipinski definition) is 2. The molecule has 3 nitrogen and oxygen atoms in total. The molecular weight excluding hydrogens is 221 g/mol. The summed E-state index contributed by atoms with van der Waals surface area (Å²) in [4.78, 5) is 13.7. The van der Waals surface area contributed by atoms with E-state index in [-0.39, 0.29) is 25.2 Å². The molecule has 1 aromatic heterocycles. The summed E-state index contributed by atoms with van der Waals surface area (Å²) < 4.78 is 0. The predicted molar refractivity (Wildman–Crippen MR) is 31.2 cm³/mol. The van der Waals surface area contributed by atoms with Crippen molar-refractivity contribution in [2.75, 3.05) is 0 Å². The van der Waals surface area contributed by atoms with Crippen LogP contribution in [0.2, 0.25) is 0 Å². The van der Waals surface area contributed by atoms with Gasteiger partial charge in [-0.15, -0.1) is 0 Å². The Bertz CT molecular complexity index is 212. The van der Waals surface area contributed by atoms with Gasteiger partial charge in [0.2, 0.25) is 0 Å². The average molecular weight is 226 g/mol. The number of aromatic nitrogens is 1. The summed E-state index contributed by atoms with van der Waals surface area (Å²) in [5.74, 6) is -0.990. The van der Waals surface area contributed by atoms with Crippen molar-refractivity contribution >= 4 is 5.97 Å². The van der Waals surface area contributed by atoms with E-state index in [2.05, 4.69) is 4.98 Å². The van der Waals surface area contributed by atoms with Crippen LogP contribution in [0.1, 0.15) is 10.5 Å². The van der Waals surface area contributed by atoms with Crippen molar-refractivity contribution in [1.82, 2.24) is 4.98 Å². The maximum Gasteiger partial charge on any atom is 0.354 e. The van der Waals surface area contributed by atoms with Gasteiger partial charge in [0.1, 0.15) is 5.69 Å². The molecule has 10 heavy (non-hydrogen) atoms. The Labute approximate surface area is 70.9 Å². The molecule has 0 aliphatic carbocycles. The summed E-state index contributed by atoms with van der Waals surface area (Å²) in [5.41, 5.74) is 0.0810. The topological polar surface area (TPSA) is 50.2 Å². The van der Waals surface area contributed by atoms with Crippen molar-refractivity contribution in [2.24, 2.45) is 0 Å². The van der Waals surface area contributed by atoms with Gasteiger partial charge in [-0.1, -0.05) is 6.07 Å². The zero-order valence-electron chi connectivity index (χ0n) is 4.95. The van der Waals surface area contributed by atoms with Gasteiger partial charge in [-0.2, -0.15) is 0 Å². The van der Waals surface area contributed by atoms with Gasteiger partial charge >= 0.3 is 5.97 Å². The molecule has 0 bridgehead atoms. The number of pyridine rings is 1. The van der Waals surface area contributed by atoms with Crippen molar-refractivity contribution in [1.29, 1.82) is 0 Å². The molecule has 0 amide bonds. The van der Waals surface area contributed by atoms with Gasteiger partial charge in [-0.05, 0) is 12.1 Å². The van der Waals surface area contributed by atoms with Gasteiger partial charge in [-0.3, -0.25) is 0 Å². The van der Waals surface area contributed by atoms with Crippen LogP contribution in [0.5, 0.6) is 0 Å². The van der Waals surface area contributed by atoms with E-state index in [4.69, 9.17) is 5.11 Å². The van der Waals surface area contributed by atoms with Gasteiger partial charge in [0, 0.05) is 25.7 Å². The number of aromatic carboxylic acids is 1. The largest absolute Gasteiger partial charge is 0.477 e. The first-order valence-corrected chi connectivity index (χ1v) is 2.45. The van der Waals surface area contributed by atoms with Crippen LogP contribution in [-0.4, -0.2) is 16.1 Å². The molecule has 1 aromatic rings. The molecule has 1 N–H and O–H groups in total. The number of carbonyl (C=O) groups is 1. The Hall–Kier alpha value is -0.757. The van der Waals surface area contributed by atoms with Crippen LogP contribution in [0.15, 0.2) is 24.4 Å². The molecule has 1 radical (unpaired) electrons. The smallest absolute Gasteiger partial charge is 0.354 e. The molecule has 55 valence electrons. The second-order valence-electron chi connectivity index (χ2n) is 1.52. The standard InChI is InChI=1S/C6H5NO2.Rh/c8-6(9)5-3-1-2-4-7-5;/h1-4H,(H,8,9);. The normalized spacial score (nSPS) is 8.00. The minimum absolute atomic E-state index is 0. The van der Waals surface area contributed by atoms with E-state index < -0.39 is 5.97 Å². The third kappa shape index (κ3) is 2.23. The third-order valence-corrected chi connectivity index (χ3v) is 0.884. The van der Waals surface area contributed by atoms with Crippen molar-refractivity contribution in [3.63, 3.8) is 0 Å². The minimum Gasteiger partial charge on any atom is -0.477 e. The van der Waals surface area contributed by atoms with Crippen LogP contribution in [0, 0.1) is 0 Å². The van der Waals surface area contributed by atoms with E-state index in [1.54, 1.807) is 12.1 Å². The quantitative estimate of drug-likeness (QED) is 0.719. The zero-order chi connectivity index (χ0) is 6.69. The number of nitrogens with zero attached hydrogens (tertiary/aromatic N) is 1. The van der Waals surface area contributed by atoms with E-state index in [1.165, 1.54) is 12.3 Å². The first-order chi connectivity index (χ1) is 4.30. The van der Waals surface area contributed by atoms with Gasteiger partial charge < -0.3 is 5.11 Å². The fourth-order valence-corrected chi connectivity index (χ4v) is 0.489. The summed E-state index contributed by atoms with van der Waals surface area (Å²) >= 11 is 0. The molecule has 0 spiro atoms. The molecule has 0 aliphatic heterocycles.